The number of hydrogen-bond acceptors (Lipinski definition) is 13. The molecule has 0 aliphatic carbocycles. The molecule has 1 fully saturated rings. The fraction of sp³-hybridized carbons (Fsp3) is 0.286. The summed E-state index contributed by atoms with van der Waals surface area (Å²) in [6, 6.07) is 23.7. The van der Waals surface area contributed by atoms with E-state index in [2.05, 4.69) is 5.32 Å². The first-order valence-electron chi connectivity index (χ1n) is 15.1. The highest BCUT2D eigenvalue weighted by Gasteiger charge is 2.52. The molecule has 48 heavy (non-hydrogen) atoms. The number of carbonyl (C=O) groups excluding carboxylic acids is 5. The van der Waals surface area contributed by atoms with Crippen molar-refractivity contribution >= 4 is 29.8 Å². The molecule has 13 nitrogen and oxygen atoms in total. The predicted molar refractivity (Wildman–Crippen MR) is 167 cm³/mol. The van der Waals surface area contributed by atoms with Crippen molar-refractivity contribution < 1.29 is 57.5 Å². The van der Waals surface area contributed by atoms with Crippen LogP contribution in [0.15, 0.2) is 103 Å². The Morgan fingerprint density at radius 3 is 1.44 bits per heavy atom. The molecule has 0 amide bonds. The Kier molecular flexibility index (Phi) is 12.8. The van der Waals surface area contributed by atoms with Crippen molar-refractivity contribution in [3.8, 4) is 0 Å². The molecule has 13 heteroatoms. The number of ether oxygens (including phenoxy) is 6. The number of rotatable bonds is 13. The first-order chi connectivity index (χ1) is 23.3. The van der Waals surface area contributed by atoms with Crippen molar-refractivity contribution in [1.82, 2.24) is 5.32 Å². The van der Waals surface area contributed by atoms with E-state index in [9.17, 15) is 29.1 Å². The molecule has 1 saturated heterocycles. The predicted octanol–water partition coefficient (Wildman–Crippen LogP) is 2.98. The molecular weight excluding hydrogens is 626 g/mol. The molecule has 0 spiro atoms. The third-order valence-corrected chi connectivity index (χ3v) is 6.95. The fourth-order valence-corrected chi connectivity index (χ4v) is 4.68. The van der Waals surface area contributed by atoms with E-state index in [4.69, 9.17) is 28.4 Å². The van der Waals surface area contributed by atoms with Crippen molar-refractivity contribution in [2.75, 3.05) is 19.8 Å². The van der Waals surface area contributed by atoms with Crippen LogP contribution in [0.3, 0.4) is 0 Å². The molecule has 0 saturated carbocycles. The van der Waals surface area contributed by atoms with Crippen LogP contribution in [0.2, 0.25) is 0 Å². The van der Waals surface area contributed by atoms with Crippen molar-refractivity contribution in [2.24, 2.45) is 0 Å². The van der Waals surface area contributed by atoms with Gasteiger partial charge in [0.1, 0.15) is 6.10 Å². The van der Waals surface area contributed by atoms with Gasteiger partial charge < -0.3 is 38.8 Å². The van der Waals surface area contributed by atoms with Crippen molar-refractivity contribution in [3.63, 3.8) is 0 Å². The van der Waals surface area contributed by atoms with Crippen molar-refractivity contribution in [1.29, 1.82) is 0 Å². The minimum Gasteiger partial charge on any atom is -0.462 e. The lowest BCUT2D eigenvalue weighted by Crippen LogP contribution is -2.65. The second kappa shape index (κ2) is 17.4. The fourth-order valence-electron chi connectivity index (χ4n) is 4.68. The Labute approximate surface area is 276 Å². The van der Waals surface area contributed by atoms with E-state index in [1.807, 2.05) is 0 Å². The van der Waals surface area contributed by atoms with Crippen LogP contribution in [-0.2, 0) is 38.0 Å². The van der Waals surface area contributed by atoms with Crippen LogP contribution >= 0.6 is 0 Å². The highest BCUT2D eigenvalue weighted by atomic mass is 16.7. The molecule has 0 bridgehead atoms. The van der Waals surface area contributed by atoms with Gasteiger partial charge in [-0.05, 0) is 50.2 Å². The summed E-state index contributed by atoms with van der Waals surface area (Å²) in [5, 5.41) is 13.1. The summed E-state index contributed by atoms with van der Waals surface area (Å²) < 4.78 is 33.5. The Hall–Kier alpha value is -5.53. The molecule has 0 radical (unpaired) electrons. The number of aliphatic hydroxyl groups is 1. The molecule has 5 atom stereocenters. The van der Waals surface area contributed by atoms with Gasteiger partial charge in [0.05, 0.1) is 36.5 Å². The molecule has 3 aromatic carbocycles. The van der Waals surface area contributed by atoms with Crippen LogP contribution in [0.5, 0.6) is 0 Å². The van der Waals surface area contributed by atoms with Crippen LogP contribution in [0.4, 0.5) is 0 Å². The standard InChI is InChI=1S/C35H35NO12/c1-3-43-34(41)25(35(42)44-4-2)20-36-30-29(48-33(40)24-18-12-7-13-19-24)28(47-32(39)23-16-10-6-11-17-23)27(26(21-37)45-30)46-31(38)22-14-8-5-9-15-22/h5-20,26-30,36-37H,3-4,21H2,1-2H3/t26-,27-,28+,29+,30-/m1/s1. The van der Waals surface area contributed by atoms with Gasteiger partial charge in [-0.3, -0.25) is 0 Å². The second-order valence-corrected chi connectivity index (χ2v) is 10.2. The van der Waals surface area contributed by atoms with Gasteiger partial charge in [-0.25, -0.2) is 24.0 Å². The van der Waals surface area contributed by atoms with Gasteiger partial charge in [0.25, 0.3) is 0 Å². The van der Waals surface area contributed by atoms with Gasteiger partial charge in [-0.2, -0.15) is 0 Å². The summed E-state index contributed by atoms with van der Waals surface area (Å²) in [5.74, 6) is -4.61. The molecule has 0 unspecified atom stereocenters. The first-order valence-corrected chi connectivity index (χ1v) is 15.1. The van der Waals surface area contributed by atoms with Gasteiger partial charge in [0.15, 0.2) is 30.1 Å². The summed E-state index contributed by atoms with van der Waals surface area (Å²) >= 11 is 0. The maximum atomic E-state index is 13.4. The maximum absolute atomic E-state index is 13.4. The zero-order valence-electron chi connectivity index (χ0n) is 26.2. The van der Waals surface area contributed by atoms with Crippen LogP contribution in [0.25, 0.3) is 0 Å². The lowest BCUT2D eigenvalue weighted by atomic mass is 9.96. The lowest BCUT2D eigenvalue weighted by Gasteiger charge is -2.44. The second-order valence-electron chi connectivity index (χ2n) is 10.2. The van der Waals surface area contributed by atoms with Gasteiger partial charge in [0.2, 0.25) is 0 Å². The monoisotopic (exact) mass is 661 g/mol. The smallest absolute Gasteiger partial charge is 0.347 e. The van der Waals surface area contributed by atoms with Crippen molar-refractivity contribution in [2.45, 2.75) is 44.5 Å². The summed E-state index contributed by atoms with van der Waals surface area (Å²) in [5.41, 5.74) is -0.147. The molecule has 1 aliphatic rings. The topological polar surface area (TPSA) is 173 Å². The highest BCUT2D eigenvalue weighted by Crippen LogP contribution is 2.30. The van der Waals surface area contributed by atoms with Crippen molar-refractivity contribution in [3.05, 3.63) is 119 Å². The van der Waals surface area contributed by atoms with Crippen LogP contribution in [0.1, 0.15) is 44.9 Å². The average molecular weight is 662 g/mol. The van der Waals surface area contributed by atoms with E-state index in [0.717, 1.165) is 6.20 Å². The molecule has 1 heterocycles. The lowest BCUT2D eigenvalue weighted by molar-refractivity contribution is -0.233. The van der Waals surface area contributed by atoms with E-state index in [-0.39, 0.29) is 29.9 Å². The van der Waals surface area contributed by atoms with Gasteiger partial charge in [-0.15, -0.1) is 0 Å². The van der Waals surface area contributed by atoms with E-state index in [1.165, 1.54) is 36.4 Å². The number of esters is 5. The van der Waals surface area contributed by atoms with E-state index < -0.39 is 72.7 Å². The summed E-state index contributed by atoms with van der Waals surface area (Å²) in [6.45, 7) is 2.24. The number of hydrogen-bond donors (Lipinski definition) is 2. The van der Waals surface area contributed by atoms with Gasteiger partial charge in [-0.1, -0.05) is 54.6 Å². The third kappa shape index (κ3) is 9.05. The molecule has 3 aromatic rings. The Morgan fingerprint density at radius 1 is 0.646 bits per heavy atom. The van der Waals surface area contributed by atoms with Gasteiger partial charge >= 0.3 is 29.8 Å². The van der Waals surface area contributed by atoms with Crippen LogP contribution < -0.4 is 5.32 Å². The van der Waals surface area contributed by atoms with E-state index in [1.54, 1.807) is 68.4 Å². The first kappa shape index (κ1) is 35.3. The van der Waals surface area contributed by atoms with Gasteiger partial charge in [0, 0.05) is 6.20 Å². The summed E-state index contributed by atoms with van der Waals surface area (Å²) in [4.78, 5) is 65.4. The highest BCUT2D eigenvalue weighted by molar-refractivity contribution is 6.14. The van der Waals surface area contributed by atoms with E-state index in [0.29, 0.717) is 0 Å². The summed E-state index contributed by atoms with van der Waals surface area (Å²) in [6.07, 6.45) is -6.61. The van der Waals surface area contributed by atoms with Crippen LogP contribution in [0, 0.1) is 0 Å². The molecule has 1 aliphatic heterocycles. The molecule has 252 valence electrons. The summed E-state index contributed by atoms with van der Waals surface area (Å²) in [7, 11) is 0. The molecule has 4 rings (SSSR count). The quantitative estimate of drug-likeness (QED) is 0.0901. The average Bonchev–Trinajstić information content (AvgIpc) is 3.11. The largest absolute Gasteiger partial charge is 0.462 e. The maximum Gasteiger partial charge on any atom is 0.347 e. The number of carbonyl (C=O) groups is 5. The Morgan fingerprint density at radius 2 is 1.04 bits per heavy atom. The molecule has 2 N–H and O–H groups in total. The molecule has 0 aromatic heterocycles. The normalized spacial score (nSPS) is 19.9. The minimum atomic E-state index is -1.59. The van der Waals surface area contributed by atoms with E-state index >= 15 is 0 Å². The Balaban J connectivity index is 1.79. The number of benzene rings is 3. The third-order valence-electron chi connectivity index (χ3n) is 6.95. The van der Waals surface area contributed by atoms with Crippen LogP contribution in [-0.4, -0.2) is 85.4 Å². The SMILES string of the molecule is CCOC(=O)C(=CN[C@@H]1O[C@H](CO)[C@@H](OC(=O)c2ccccc2)[C@H](OC(=O)c2ccccc2)[C@@H]1OC(=O)c1ccccc1)C(=O)OCC. The Bertz CT molecular complexity index is 1560. The zero-order chi connectivity index (χ0) is 34.5. The number of aliphatic hydroxyl groups excluding tert-OH is 1. The number of nitrogens with one attached hydrogen (secondary N) is 1. The molecular formula is C35H35NO12. The minimum absolute atomic E-state index is 0.0502. The zero-order valence-corrected chi connectivity index (χ0v) is 26.2.